The highest BCUT2D eigenvalue weighted by molar-refractivity contribution is 5.82. The molecular weight excluding hydrogens is 646 g/mol. The molecule has 0 aromatic carbocycles. The lowest BCUT2D eigenvalue weighted by molar-refractivity contribution is -0.158. The van der Waals surface area contributed by atoms with Gasteiger partial charge in [-0.2, -0.15) is 28.7 Å². The first kappa shape index (κ1) is 32.5. The number of nitrogens with zero attached hydrogens (tertiary/aromatic N) is 8. The molecule has 49 heavy (non-hydrogen) atoms. The number of ether oxygens (including phenoxy) is 2. The fourth-order valence-corrected chi connectivity index (χ4v) is 7.58. The number of aliphatic hydroxyl groups excluding tert-OH is 2. The van der Waals surface area contributed by atoms with Gasteiger partial charge in [0.2, 0.25) is 0 Å². The zero-order valence-electron chi connectivity index (χ0n) is 25.8. The number of carboxylic acid groups (broad SMARTS) is 1. The van der Waals surface area contributed by atoms with Gasteiger partial charge in [-0.05, 0) is 12.8 Å². The van der Waals surface area contributed by atoms with Crippen molar-refractivity contribution < 1.29 is 38.4 Å². The smallest absolute Gasteiger partial charge is 0.312 e. The van der Waals surface area contributed by atoms with Crippen molar-refractivity contribution in [3.63, 3.8) is 0 Å². The minimum Gasteiger partial charge on any atom is -0.481 e. The van der Waals surface area contributed by atoms with E-state index in [-0.39, 0.29) is 65.6 Å². The molecule has 6 atom stereocenters. The van der Waals surface area contributed by atoms with Gasteiger partial charge in [-0.15, -0.1) is 12.8 Å². The van der Waals surface area contributed by atoms with Crippen LogP contribution in [0.25, 0.3) is 22.3 Å². The molecule has 2 aliphatic heterocycles. The molecule has 18 heteroatoms. The largest absolute Gasteiger partial charge is 0.481 e. The molecule has 1 saturated carbocycles. The van der Waals surface area contributed by atoms with Crippen LogP contribution in [0.4, 0.5) is 20.4 Å². The zero-order chi connectivity index (χ0) is 34.9. The maximum absolute atomic E-state index is 14.2. The van der Waals surface area contributed by atoms with Crippen molar-refractivity contribution in [2.45, 2.75) is 87.2 Å². The number of nitrogens with two attached hydrogens (primary N) is 2. The summed E-state index contributed by atoms with van der Waals surface area (Å²) in [6.07, 6.45) is 8.77. The summed E-state index contributed by atoms with van der Waals surface area (Å²) in [5, 5.41) is 34.3. The number of imidazole rings is 2. The highest BCUT2D eigenvalue weighted by Crippen LogP contribution is 2.59. The Morgan fingerprint density at radius 1 is 0.878 bits per heavy atom. The molecule has 3 aliphatic rings. The van der Waals surface area contributed by atoms with Gasteiger partial charge < -0.3 is 36.3 Å². The number of aromatic nitrogens is 8. The SMILES string of the molecule is C#C[C@@]1([C](C[C@]2(C#C)O[C@@H](n3cnc4c(N)nc(F)nc43)C[C@@H]2O)C2(C(=O)O)CCCCC2)O[C@@H](n2cnc3c(N)nc(F)nc32)C[C@@H]1O. The Morgan fingerprint density at radius 3 is 1.92 bits per heavy atom. The number of hydrogen-bond acceptors (Lipinski definition) is 13. The van der Waals surface area contributed by atoms with E-state index >= 15 is 0 Å². The van der Waals surface area contributed by atoms with Gasteiger partial charge in [0.15, 0.2) is 45.2 Å². The Hall–Kier alpha value is -5.01. The van der Waals surface area contributed by atoms with Gasteiger partial charge in [0.05, 0.1) is 30.3 Å². The average molecular weight is 678 g/mol. The summed E-state index contributed by atoms with van der Waals surface area (Å²) in [5.41, 5.74) is 6.14. The van der Waals surface area contributed by atoms with E-state index < -0.39 is 65.8 Å². The van der Waals surface area contributed by atoms with Crippen LogP contribution in [0.5, 0.6) is 0 Å². The molecule has 0 spiro atoms. The molecule has 1 radical (unpaired) electrons. The van der Waals surface area contributed by atoms with Crippen LogP contribution in [-0.2, 0) is 14.3 Å². The first-order chi connectivity index (χ1) is 23.4. The van der Waals surface area contributed by atoms with Gasteiger partial charge in [0.1, 0.15) is 12.5 Å². The van der Waals surface area contributed by atoms with E-state index in [4.69, 9.17) is 33.8 Å². The number of terminal acetylenes is 2. The number of nitrogen functional groups attached to an aromatic ring is 2. The number of carboxylic acids is 1. The van der Waals surface area contributed by atoms with Gasteiger partial charge in [-0.25, -0.2) is 9.97 Å². The summed E-state index contributed by atoms with van der Waals surface area (Å²) >= 11 is 0. The summed E-state index contributed by atoms with van der Waals surface area (Å²) in [7, 11) is 0. The molecule has 0 amide bonds. The second-order valence-corrected chi connectivity index (χ2v) is 12.6. The maximum Gasteiger partial charge on any atom is 0.312 e. The summed E-state index contributed by atoms with van der Waals surface area (Å²) in [6.45, 7) is 0. The summed E-state index contributed by atoms with van der Waals surface area (Å²) in [4.78, 5) is 36.3. The second-order valence-electron chi connectivity index (χ2n) is 12.6. The van der Waals surface area contributed by atoms with Crippen LogP contribution in [0.3, 0.4) is 0 Å². The van der Waals surface area contributed by atoms with Crippen molar-refractivity contribution in [3.8, 4) is 24.7 Å². The van der Waals surface area contributed by atoms with E-state index in [9.17, 15) is 28.9 Å². The predicted octanol–water partition coefficient (Wildman–Crippen LogP) is 1.41. The highest BCUT2D eigenvalue weighted by Gasteiger charge is 2.65. The quantitative estimate of drug-likeness (QED) is 0.137. The molecule has 255 valence electrons. The molecule has 7 N–H and O–H groups in total. The van der Waals surface area contributed by atoms with E-state index in [1.807, 2.05) is 0 Å². The van der Waals surface area contributed by atoms with Crippen LogP contribution in [0.1, 0.15) is 63.8 Å². The summed E-state index contributed by atoms with van der Waals surface area (Å²) in [5.74, 6) is 3.45. The molecule has 4 aromatic heterocycles. The predicted molar refractivity (Wildman–Crippen MR) is 165 cm³/mol. The van der Waals surface area contributed by atoms with Crippen LogP contribution < -0.4 is 11.5 Å². The summed E-state index contributed by atoms with van der Waals surface area (Å²) < 4.78 is 43.9. The van der Waals surface area contributed by atoms with E-state index in [1.165, 1.54) is 21.8 Å². The van der Waals surface area contributed by atoms with Crippen LogP contribution >= 0.6 is 0 Å². The molecule has 16 nitrogen and oxygen atoms in total. The topological polar surface area (TPSA) is 235 Å². The van der Waals surface area contributed by atoms with Gasteiger partial charge in [-0.1, -0.05) is 31.1 Å². The lowest BCUT2D eigenvalue weighted by Crippen LogP contribution is -2.58. The second kappa shape index (κ2) is 11.6. The highest BCUT2D eigenvalue weighted by atomic mass is 19.1. The number of carbonyl (C=O) groups is 1. The number of aliphatic hydroxyl groups is 2. The van der Waals surface area contributed by atoms with E-state index in [2.05, 4.69) is 41.7 Å². The Labute approximate surface area is 276 Å². The number of aliphatic carboxylic acids is 1. The van der Waals surface area contributed by atoms with E-state index in [0.29, 0.717) is 12.8 Å². The number of halogens is 2. The minimum absolute atomic E-state index is 0.0144. The van der Waals surface area contributed by atoms with Crippen LogP contribution in [0.15, 0.2) is 12.7 Å². The molecule has 3 fully saturated rings. The number of hydrogen-bond donors (Lipinski definition) is 5. The summed E-state index contributed by atoms with van der Waals surface area (Å²) in [6, 6.07) is 0. The lowest BCUT2D eigenvalue weighted by atomic mass is 9.56. The van der Waals surface area contributed by atoms with Crippen molar-refractivity contribution in [1.82, 2.24) is 39.0 Å². The first-order valence-corrected chi connectivity index (χ1v) is 15.5. The first-order valence-electron chi connectivity index (χ1n) is 15.5. The monoisotopic (exact) mass is 677 g/mol. The molecule has 7 rings (SSSR count). The Bertz CT molecular complexity index is 2050. The lowest BCUT2D eigenvalue weighted by Gasteiger charge is -2.49. The maximum atomic E-state index is 14.2. The fourth-order valence-electron chi connectivity index (χ4n) is 7.58. The van der Waals surface area contributed by atoms with Crippen molar-refractivity contribution in [2.24, 2.45) is 5.41 Å². The van der Waals surface area contributed by atoms with Gasteiger partial charge in [-0.3, -0.25) is 13.9 Å². The van der Waals surface area contributed by atoms with Crippen molar-refractivity contribution in [2.75, 3.05) is 11.5 Å². The normalized spacial score (nSPS) is 29.8. The number of anilines is 2. The third-order valence-corrected chi connectivity index (χ3v) is 10.0. The molecule has 1 aliphatic carbocycles. The Balaban J connectivity index is 1.31. The molecule has 6 heterocycles. The molecular formula is C31H31F2N10O6. The van der Waals surface area contributed by atoms with Crippen molar-refractivity contribution >= 4 is 39.9 Å². The van der Waals surface area contributed by atoms with E-state index in [1.54, 1.807) is 0 Å². The van der Waals surface area contributed by atoms with Crippen molar-refractivity contribution in [1.29, 1.82) is 0 Å². The standard InChI is InChI=1S/C31H31F2N10O6/c1-3-30(16(44)10-18(48-30)42-13-36-20-22(34)38-27(32)40-24(20)42)12-15(29(26(46)47)8-6-5-7-9-29)31(4-2)17(45)11-19(49-31)43-14-37-21-23(35)39-28(33)41-25(21)43/h1-2,13-14,16-19,44-45H,5-12H2,(H,46,47)(H2,34,38,40)(H2,35,39,41)/t16-,17-,18+,19+,30-,31-/m0/s1. The third kappa shape index (κ3) is 4.85. The zero-order valence-corrected chi connectivity index (χ0v) is 25.8. The molecule has 0 bridgehead atoms. The number of fused-ring (bicyclic) bond motifs is 2. The van der Waals surface area contributed by atoms with Crippen LogP contribution in [0.2, 0.25) is 0 Å². The fraction of sp³-hybridized carbons (Fsp3) is 0.484. The average Bonchev–Trinajstić information content (AvgIpc) is 3.84. The minimum atomic E-state index is -2.09. The van der Waals surface area contributed by atoms with Crippen LogP contribution in [-0.4, -0.2) is 83.7 Å². The van der Waals surface area contributed by atoms with Crippen LogP contribution in [0, 0.1) is 48.2 Å². The van der Waals surface area contributed by atoms with Gasteiger partial charge >= 0.3 is 18.1 Å². The van der Waals surface area contributed by atoms with Crippen molar-refractivity contribution in [3.05, 3.63) is 30.7 Å². The van der Waals surface area contributed by atoms with E-state index in [0.717, 1.165) is 6.42 Å². The van der Waals surface area contributed by atoms with Gasteiger partial charge in [0.25, 0.3) is 0 Å². The Kier molecular flexibility index (Phi) is 7.67. The van der Waals surface area contributed by atoms with Gasteiger partial charge in [0, 0.05) is 25.2 Å². The molecule has 4 aromatic rings. The number of rotatable bonds is 7. The third-order valence-electron chi connectivity index (χ3n) is 10.0. The molecule has 2 saturated heterocycles. The molecule has 0 unspecified atom stereocenters. The Morgan fingerprint density at radius 2 is 1.41 bits per heavy atom.